The summed E-state index contributed by atoms with van der Waals surface area (Å²) in [6.07, 6.45) is 0. The molecule has 1 heterocycles. The quantitative estimate of drug-likeness (QED) is 0.644. The Bertz CT molecular complexity index is 863. The molecule has 140 valence electrons. The topological polar surface area (TPSA) is 41.1 Å². The summed E-state index contributed by atoms with van der Waals surface area (Å²) in [6.45, 7) is 7.58. The lowest BCUT2D eigenvalue weighted by molar-refractivity contribution is 0.627. The van der Waals surface area contributed by atoms with Crippen LogP contribution in [0.5, 0.6) is 0 Å². The van der Waals surface area contributed by atoms with E-state index in [1.54, 1.807) is 12.1 Å². The van der Waals surface area contributed by atoms with E-state index in [1.807, 2.05) is 31.2 Å². The average molecular weight is 364 g/mol. The van der Waals surface area contributed by atoms with E-state index >= 15 is 0 Å². The Hall–Kier alpha value is -2.95. The van der Waals surface area contributed by atoms with Crippen molar-refractivity contribution in [2.24, 2.45) is 0 Å². The highest BCUT2D eigenvalue weighted by Crippen LogP contribution is 2.19. The lowest BCUT2D eigenvalue weighted by Gasteiger charge is -2.27. The first kappa shape index (κ1) is 18.8. The molecule has 5 heteroatoms. The first-order valence-electron chi connectivity index (χ1n) is 9.16. The van der Waals surface area contributed by atoms with Crippen molar-refractivity contribution in [1.29, 1.82) is 0 Å². The third-order valence-corrected chi connectivity index (χ3v) is 4.31. The molecule has 0 atom stereocenters. The summed E-state index contributed by atoms with van der Waals surface area (Å²) in [6, 6.07) is 19.0. The zero-order valence-corrected chi connectivity index (χ0v) is 16.0. The SMILES string of the molecule is Cc1cc(NCc2ccc(F)cc2)nc(N(Cc2ccccc2)C(C)C)n1. The van der Waals surface area contributed by atoms with Crippen molar-refractivity contribution in [3.05, 3.63) is 83.3 Å². The van der Waals surface area contributed by atoms with E-state index in [1.165, 1.54) is 17.7 Å². The third kappa shape index (κ3) is 5.26. The fourth-order valence-electron chi connectivity index (χ4n) is 2.83. The van der Waals surface area contributed by atoms with Crippen molar-refractivity contribution in [1.82, 2.24) is 9.97 Å². The normalized spacial score (nSPS) is 10.9. The Kier molecular flexibility index (Phi) is 6.01. The number of nitrogens with one attached hydrogen (secondary N) is 1. The van der Waals surface area contributed by atoms with Gasteiger partial charge >= 0.3 is 0 Å². The predicted octanol–water partition coefficient (Wildman–Crippen LogP) is 4.95. The summed E-state index contributed by atoms with van der Waals surface area (Å²) in [5, 5.41) is 3.32. The van der Waals surface area contributed by atoms with Crippen LogP contribution in [0.15, 0.2) is 60.7 Å². The fraction of sp³-hybridized carbons (Fsp3) is 0.273. The third-order valence-electron chi connectivity index (χ3n) is 4.31. The van der Waals surface area contributed by atoms with Gasteiger partial charge in [0.05, 0.1) is 0 Å². The second kappa shape index (κ2) is 8.62. The van der Waals surface area contributed by atoms with Crippen molar-refractivity contribution in [3.8, 4) is 0 Å². The van der Waals surface area contributed by atoms with Crippen LogP contribution in [0.4, 0.5) is 16.2 Å². The monoisotopic (exact) mass is 364 g/mol. The minimum Gasteiger partial charge on any atom is -0.366 e. The van der Waals surface area contributed by atoms with E-state index in [0.29, 0.717) is 12.5 Å². The van der Waals surface area contributed by atoms with Crippen LogP contribution in [0.2, 0.25) is 0 Å². The number of benzene rings is 2. The highest BCUT2D eigenvalue weighted by Gasteiger charge is 2.15. The molecular weight excluding hydrogens is 339 g/mol. The smallest absolute Gasteiger partial charge is 0.228 e. The molecule has 0 saturated carbocycles. The summed E-state index contributed by atoms with van der Waals surface area (Å²) in [5.41, 5.74) is 3.12. The number of nitrogens with zero attached hydrogens (tertiary/aromatic N) is 3. The van der Waals surface area contributed by atoms with Crippen LogP contribution in [-0.4, -0.2) is 16.0 Å². The van der Waals surface area contributed by atoms with Crippen molar-refractivity contribution >= 4 is 11.8 Å². The molecule has 0 unspecified atom stereocenters. The highest BCUT2D eigenvalue weighted by molar-refractivity contribution is 5.45. The summed E-state index contributed by atoms with van der Waals surface area (Å²) < 4.78 is 13.1. The van der Waals surface area contributed by atoms with E-state index in [0.717, 1.165) is 23.6 Å². The molecule has 3 aromatic rings. The van der Waals surface area contributed by atoms with E-state index < -0.39 is 0 Å². The Morgan fingerprint density at radius 1 is 0.963 bits per heavy atom. The maximum absolute atomic E-state index is 13.1. The van der Waals surface area contributed by atoms with Gasteiger partial charge in [0, 0.05) is 30.9 Å². The van der Waals surface area contributed by atoms with E-state index in [2.05, 4.69) is 41.2 Å². The van der Waals surface area contributed by atoms with Crippen molar-refractivity contribution in [3.63, 3.8) is 0 Å². The standard InChI is InChI=1S/C22H25FN4/c1-16(2)27(15-19-7-5-4-6-8-19)22-25-17(3)13-21(26-22)24-14-18-9-11-20(23)12-10-18/h4-13,16H,14-15H2,1-3H3,(H,24,25,26). The van der Waals surface area contributed by atoms with Gasteiger partial charge in [0.15, 0.2) is 0 Å². The summed E-state index contributed by atoms with van der Waals surface area (Å²) in [4.78, 5) is 11.5. The summed E-state index contributed by atoms with van der Waals surface area (Å²) >= 11 is 0. The molecule has 0 aliphatic heterocycles. The van der Waals surface area contributed by atoms with Crippen molar-refractivity contribution in [2.45, 2.75) is 39.9 Å². The van der Waals surface area contributed by atoms with Gasteiger partial charge in [-0.15, -0.1) is 0 Å². The number of hydrogen-bond acceptors (Lipinski definition) is 4. The van der Waals surface area contributed by atoms with Gasteiger partial charge in [-0.2, -0.15) is 4.98 Å². The number of anilines is 2. The largest absolute Gasteiger partial charge is 0.366 e. The van der Waals surface area contributed by atoms with Gasteiger partial charge < -0.3 is 10.2 Å². The second-order valence-electron chi connectivity index (χ2n) is 6.88. The summed E-state index contributed by atoms with van der Waals surface area (Å²) in [5.74, 6) is 1.24. The molecule has 1 aromatic heterocycles. The Morgan fingerprint density at radius 2 is 1.67 bits per heavy atom. The molecule has 27 heavy (non-hydrogen) atoms. The van der Waals surface area contributed by atoms with Gasteiger partial charge in [-0.25, -0.2) is 9.37 Å². The second-order valence-corrected chi connectivity index (χ2v) is 6.88. The van der Waals surface area contributed by atoms with E-state index in [4.69, 9.17) is 4.98 Å². The summed E-state index contributed by atoms with van der Waals surface area (Å²) in [7, 11) is 0. The molecule has 0 aliphatic carbocycles. The molecule has 0 bridgehead atoms. The molecule has 2 aromatic carbocycles. The fourth-order valence-corrected chi connectivity index (χ4v) is 2.83. The number of aromatic nitrogens is 2. The number of hydrogen-bond donors (Lipinski definition) is 1. The van der Waals surface area contributed by atoms with Crippen molar-refractivity contribution in [2.75, 3.05) is 10.2 Å². The molecular formula is C22H25FN4. The molecule has 0 saturated heterocycles. The van der Waals surface area contributed by atoms with Crippen molar-refractivity contribution < 1.29 is 4.39 Å². The molecule has 3 rings (SSSR count). The van der Waals surface area contributed by atoms with Crippen LogP contribution in [-0.2, 0) is 13.1 Å². The van der Waals surface area contributed by atoms with Crippen LogP contribution >= 0.6 is 0 Å². The van der Waals surface area contributed by atoms with Gasteiger partial charge in [0.25, 0.3) is 0 Å². The lowest BCUT2D eigenvalue weighted by atomic mass is 10.2. The molecule has 4 nitrogen and oxygen atoms in total. The maximum atomic E-state index is 13.1. The number of halogens is 1. The first-order chi connectivity index (χ1) is 13.0. The average Bonchev–Trinajstić information content (AvgIpc) is 2.66. The van der Waals surface area contributed by atoms with Gasteiger partial charge in [0.1, 0.15) is 11.6 Å². The van der Waals surface area contributed by atoms with Crippen LogP contribution in [0.1, 0.15) is 30.7 Å². The van der Waals surface area contributed by atoms with Gasteiger partial charge in [-0.05, 0) is 44.0 Å². The van der Waals surface area contributed by atoms with Gasteiger partial charge in [0.2, 0.25) is 5.95 Å². The van der Waals surface area contributed by atoms with Crippen LogP contribution in [0.25, 0.3) is 0 Å². The predicted molar refractivity (Wildman–Crippen MR) is 108 cm³/mol. The minimum absolute atomic E-state index is 0.229. The molecule has 0 spiro atoms. The minimum atomic E-state index is -0.229. The van der Waals surface area contributed by atoms with Gasteiger partial charge in [-0.1, -0.05) is 42.5 Å². The Labute approximate surface area is 160 Å². The zero-order valence-electron chi connectivity index (χ0n) is 16.0. The van der Waals surface area contributed by atoms with Crippen LogP contribution < -0.4 is 10.2 Å². The molecule has 0 radical (unpaired) electrons. The molecule has 0 fully saturated rings. The van der Waals surface area contributed by atoms with Gasteiger partial charge in [-0.3, -0.25) is 0 Å². The number of rotatable bonds is 7. The highest BCUT2D eigenvalue weighted by atomic mass is 19.1. The zero-order chi connectivity index (χ0) is 19.2. The lowest BCUT2D eigenvalue weighted by Crippen LogP contribution is -2.32. The van der Waals surface area contributed by atoms with E-state index in [9.17, 15) is 4.39 Å². The molecule has 0 aliphatic rings. The molecule has 1 N–H and O–H groups in total. The molecule has 0 amide bonds. The van der Waals surface area contributed by atoms with Crippen LogP contribution in [0.3, 0.4) is 0 Å². The van der Waals surface area contributed by atoms with E-state index in [-0.39, 0.29) is 11.9 Å². The maximum Gasteiger partial charge on any atom is 0.228 e. The number of aryl methyl sites for hydroxylation is 1. The Morgan fingerprint density at radius 3 is 2.33 bits per heavy atom. The Balaban J connectivity index is 1.78. The first-order valence-corrected chi connectivity index (χ1v) is 9.16. The van der Waals surface area contributed by atoms with Crippen LogP contribution in [0, 0.1) is 12.7 Å².